The zero-order valence-electron chi connectivity index (χ0n) is 21.5. The first-order valence-electron chi connectivity index (χ1n) is 12.7. The number of carboxylic acid groups (broad SMARTS) is 1. The molecule has 11 nitrogen and oxygen atoms in total. The number of esters is 2. The molecular weight excluding hydrogens is 508 g/mol. The number of morpholine rings is 1. The van der Waals surface area contributed by atoms with Crippen LogP contribution in [0.5, 0.6) is 0 Å². The number of hydrogen-bond acceptors (Lipinski definition) is 8. The fourth-order valence-corrected chi connectivity index (χ4v) is 4.65. The first-order chi connectivity index (χ1) is 18.7. The third-order valence-electron chi connectivity index (χ3n) is 6.68. The number of anilines is 1. The average Bonchev–Trinajstić information content (AvgIpc) is 2.95. The summed E-state index contributed by atoms with van der Waals surface area (Å²) in [6.07, 6.45) is -2.34. The van der Waals surface area contributed by atoms with E-state index in [0.29, 0.717) is 37.2 Å². The van der Waals surface area contributed by atoms with E-state index in [2.05, 4.69) is 0 Å². The number of ether oxygens (including phenoxy) is 3. The van der Waals surface area contributed by atoms with Gasteiger partial charge in [0.2, 0.25) is 6.10 Å². The van der Waals surface area contributed by atoms with Gasteiger partial charge in [0.1, 0.15) is 6.61 Å². The maximum absolute atomic E-state index is 13.2. The number of rotatable bonds is 8. The van der Waals surface area contributed by atoms with Crippen molar-refractivity contribution in [2.45, 2.75) is 38.6 Å². The van der Waals surface area contributed by atoms with E-state index in [1.807, 2.05) is 30.3 Å². The van der Waals surface area contributed by atoms with Gasteiger partial charge >= 0.3 is 17.9 Å². The third kappa shape index (κ3) is 6.80. The fourth-order valence-electron chi connectivity index (χ4n) is 4.65. The van der Waals surface area contributed by atoms with Crippen LogP contribution in [-0.4, -0.2) is 78.2 Å². The smallest absolute Gasteiger partial charge is 0.348 e. The van der Waals surface area contributed by atoms with Crippen molar-refractivity contribution in [3.63, 3.8) is 0 Å². The van der Waals surface area contributed by atoms with Crippen molar-refractivity contribution >= 4 is 35.4 Å². The van der Waals surface area contributed by atoms with Gasteiger partial charge in [-0.15, -0.1) is 0 Å². The molecule has 0 bridgehead atoms. The summed E-state index contributed by atoms with van der Waals surface area (Å²) in [6.45, 7) is 2.18. The van der Waals surface area contributed by atoms with Gasteiger partial charge in [0, 0.05) is 37.8 Å². The number of piperidine rings is 1. The van der Waals surface area contributed by atoms with E-state index in [1.165, 1.54) is 4.90 Å². The number of aliphatic carboxylic acids is 1. The molecule has 0 saturated carbocycles. The van der Waals surface area contributed by atoms with Gasteiger partial charge in [-0.25, -0.2) is 4.79 Å². The fraction of sp³-hybridized carbons (Fsp3) is 0.393. The third-order valence-corrected chi connectivity index (χ3v) is 6.68. The summed E-state index contributed by atoms with van der Waals surface area (Å²) in [5, 5.41) is 9.44. The molecule has 0 aromatic heterocycles. The van der Waals surface area contributed by atoms with Crippen molar-refractivity contribution in [3.8, 4) is 0 Å². The second-order valence-electron chi connectivity index (χ2n) is 9.36. The van der Waals surface area contributed by atoms with Crippen LogP contribution in [0.3, 0.4) is 0 Å². The Kier molecular flexibility index (Phi) is 8.92. The second kappa shape index (κ2) is 12.5. The van der Waals surface area contributed by atoms with Crippen LogP contribution in [0.25, 0.3) is 0 Å². The van der Waals surface area contributed by atoms with Crippen molar-refractivity contribution in [2.75, 3.05) is 31.1 Å². The van der Waals surface area contributed by atoms with Crippen LogP contribution >= 0.6 is 0 Å². The number of likely N-dealkylation sites (tertiary alicyclic amines) is 1. The molecule has 2 fully saturated rings. The van der Waals surface area contributed by atoms with E-state index in [9.17, 15) is 29.1 Å². The second-order valence-corrected chi connectivity index (χ2v) is 9.36. The van der Waals surface area contributed by atoms with Crippen molar-refractivity contribution in [1.82, 2.24) is 4.90 Å². The molecule has 4 rings (SSSR count). The Morgan fingerprint density at radius 2 is 1.74 bits per heavy atom. The highest BCUT2D eigenvalue weighted by atomic mass is 16.6. The molecule has 2 amide bonds. The first-order valence-corrected chi connectivity index (χ1v) is 12.7. The zero-order chi connectivity index (χ0) is 27.9. The molecule has 11 heteroatoms. The Hall–Kier alpha value is -4.25. The number of hydrogen-bond donors (Lipinski definition) is 1. The first kappa shape index (κ1) is 27.8. The summed E-state index contributed by atoms with van der Waals surface area (Å²) in [4.78, 5) is 64.7. The molecule has 2 atom stereocenters. The minimum absolute atomic E-state index is 0.0213. The molecular formula is C28H30N2O9. The molecule has 2 saturated heterocycles. The van der Waals surface area contributed by atoms with E-state index in [0.717, 1.165) is 12.5 Å². The normalized spacial score (nSPS) is 18.8. The highest BCUT2D eigenvalue weighted by Gasteiger charge is 2.42. The summed E-state index contributed by atoms with van der Waals surface area (Å²) in [5.74, 6) is -3.84. The van der Waals surface area contributed by atoms with Gasteiger partial charge in [-0.1, -0.05) is 36.4 Å². The zero-order valence-corrected chi connectivity index (χ0v) is 21.5. The van der Waals surface area contributed by atoms with Gasteiger partial charge in [-0.2, -0.15) is 0 Å². The molecule has 2 aliphatic rings. The maximum atomic E-state index is 13.2. The maximum Gasteiger partial charge on any atom is 0.348 e. The van der Waals surface area contributed by atoms with Crippen LogP contribution in [0.2, 0.25) is 0 Å². The van der Waals surface area contributed by atoms with Crippen molar-refractivity contribution < 1.29 is 43.3 Å². The van der Waals surface area contributed by atoms with Gasteiger partial charge in [0.25, 0.3) is 11.8 Å². The lowest BCUT2D eigenvalue weighted by molar-refractivity contribution is -0.177. The molecule has 39 heavy (non-hydrogen) atoms. The van der Waals surface area contributed by atoms with Crippen LogP contribution in [-0.2, 0) is 40.0 Å². The number of carbonyl (C=O) groups excluding carboxylic acids is 4. The van der Waals surface area contributed by atoms with Gasteiger partial charge in [-0.05, 0) is 36.6 Å². The van der Waals surface area contributed by atoms with Crippen molar-refractivity contribution in [2.24, 2.45) is 5.92 Å². The number of benzene rings is 2. The molecule has 0 radical (unpaired) electrons. The predicted octanol–water partition coefficient (Wildman–Crippen LogP) is 2.03. The molecule has 206 valence electrons. The van der Waals surface area contributed by atoms with Gasteiger partial charge in [-0.3, -0.25) is 19.2 Å². The molecule has 2 aliphatic heterocycles. The number of carbonyl (C=O) groups is 5. The molecule has 2 aromatic rings. The minimum atomic E-state index is -1.79. The van der Waals surface area contributed by atoms with Crippen LogP contribution in [0.4, 0.5) is 5.69 Å². The van der Waals surface area contributed by atoms with Crippen LogP contribution in [0.15, 0.2) is 54.6 Å². The van der Waals surface area contributed by atoms with Gasteiger partial charge in [0.05, 0.1) is 12.5 Å². The van der Waals surface area contributed by atoms with Gasteiger partial charge < -0.3 is 29.1 Å². The van der Waals surface area contributed by atoms with Crippen LogP contribution in [0.1, 0.15) is 35.7 Å². The Labute approximate surface area is 225 Å². The minimum Gasteiger partial charge on any atom is -0.478 e. The average molecular weight is 539 g/mol. The van der Waals surface area contributed by atoms with Crippen LogP contribution in [0, 0.1) is 5.92 Å². The standard InChI is InChI=1S/C28H30N2O9/c1-18(31)39-24(27(34)35)23-26(33)30(14-15-37-23)22-9-5-8-21(16-22)25(32)29-12-10-20(11-13-29)28(36)38-17-19-6-3-2-4-7-19/h2-9,16,20,23-24H,10-15,17H2,1H3,(H,34,35)/t23-,24-/m1/s1. The summed E-state index contributed by atoms with van der Waals surface area (Å²) in [7, 11) is 0. The molecule has 0 unspecified atom stereocenters. The highest BCUT2D eigenvalue weighted by Crippen LogP contribution is 2.25. The lowest BCUT2D eigenvalue weighted by Gasteiger charge is -2.35. The van der Waals surface area contributed by atoms with E-state index in [-0.39, 0.29) is 37.6 Å². The lowest BCUT2D eigenvalue weighted by Crippen LogP contribution is -2.55. The summed E-state index contributed by atoms with van der Waals surface area (Å²) in [5.41, 5.74) is 1.65. The van der Waals surface area contributed by atoms with Crippen LogP contribution < -0.4 is 4.90 Å². The van der Waals surface area contributed by atoms with Gasteiger partial charge in [0.15, 0.2) is 6.10 Å². The number of carboxylic acids is 1. The summed E-state index contributed by atoms with van der Waals surface area (Å²) in [6, 6.07) is 15.9. The Bertz CT molecular complexity index is 1220. The van der Waals surface area contributed by atoms with E-state index in [1.54, 1.807) is 29.2 Å². The molecule has 1 N–H and O–H groups in total. The van der Waals surface area contributed by atoms with E-state index in [4.69, 9.17) is 14.2 Å². The Balaban J connectivity index is 1.37. The molecule has 0 aliphatic carbocycles. The van der Waals surface area contributed by atoms with Crippen molar-refractivity contribution in [1.29, 1.82) is 0 Å². The Morgan fingerprint density at radius 1 is 1.03 bits per heavy atom. The highest BCUT2D eigenvalue weighted by molar-refractivity contribution is 6.02. The number of amides is 2. The largest absolute Gasteiger partial charge is 0.478 e. The van der Waals surface area contributed by atoms with E-state index < -0.39 is 30.1 Å². The molecule has 2 aromatic carbocycles. The summed E-state index contributed by atoms with van der Waals surface area (Å²) >= 11 is 0. The number of nitrogens with zero attached hydrogens (tertiary/aromatic N) is 2. The monoisotopic (exact) mass is 538 g/mol. The molecule has 0 spiro atoms. The topological polar surface area (TPSA) is 140 Å². The SMILES string of the molecule is CC(=O)O[C@@H](C(=O)O)[C@H]1OCCN(c2cccc(C(=O)N3CCC(C(=O)OCc4ccccc4)CC3)c2)C1=O. The molecule has 2 heterocycles. The Morgan fingerprint density at radius 3 is 2.41 bits per heavy atom. The quantitative estimate of drug-likeness (QED) is 0.500. The summed E-state index contributed by atoms with van der Waals surface area (Å²) < 4.78 is 15.6. The predicted molar refractivity (Wildman–Crippen MR) is 137 cm³/mol. The van der Waals surface area contributed by atoms with E-state index >= 15 is 0 Å². The van der Waals surface area contributed by atoms with Crippen molar-refractivity contribution in [3.05, 3.63) is 65.7 Å². The lowest BCUT2D eigenvalue weighted by atomic mass is 9.96.